The number of ether oxygens (including phenoxy) is 1. The van der Waals surface area contributed by atoms with Crippen LogP contribution in [-0.4, -0.2) is 41.5 Å². The number of anilines is 1. The fourth-order valence-corrected chi connectivity index (χ4v) is 3.99. The summed E-state index contributed by atoms with van der Waals surface area (Å²) in [6.45, 7) is 2.73. The SMILES string of the molecule is N#Cc1cc(-c2cc(C3CCCCC3)c(=O)[nH]n2)cnc1N1CCOCC1. The molecule has 2 fully saturated rings. The highest BCUT2D eigenvalue weighted by atomic mass is 16.5. The van der Waals surface area contributed by atoms with Crippen LogP contribution in [0.5, 0.6) is 0 Å². The molecule has 0 bridgehead atoms. The van der Waals surface area contributed by atoms with Crippen LogP contribution < -0.4 is 10.5 Å². The molecule has 1 saturated carbocycles. The first kappa shape index (κ1) is 17.7. The first-order valence-corrected chi connectivity index (χ1v) is 9.59. The molecular formula is C20H23N5O2. The fraction of sp³-hybridized carbons (Fsp3) is 0.500. The minimum absolute atomic E-state index is 0.107. The summed E-state index contributed by atoms with van der Waals surface area (Å²) in [5, 5.41) is 16.4. The van der Waals surface area contributed by atoms with E-state index in [0.717, 1.165) is 49.9 Å². The van der Waals surface area contributed by atoms with Crippen LogP contribution in [0.4, 0.5) is 5.82 Å². The number of pyridine rings is 1. The predicted molar refractivity (Wildman–Crippen MR) is 102 cm³/mol. The number of nitrogens with zero attached hydrogens (tertiary/aromatic N) is 4. The third-order valence-corrected chi connectivity index (χ3v) is 5.47. The first-order valence-electron chi connectivity index (χ1n) is 9.59. The lowest BCUT2D eigenvalue weighted by Gasteiger charge is -2.28. The third-order valence-electron chi connectivity index (χ3n) is 5.47. The van der Waals surface area contributed by atoms with Crippen molar-refractivity contribution < 1.29 is 4.74 Å². The molecule has 3 heterocycles. The van der Waals surface area contributed by atoms with Gasteiger partial charge in [-0.25, -0.2) is 10.1 Å². The Morgan fingerprint density at radius 2 is 1.96 bits per heavy atom. The van der Waals surface area contributed by atoms with Crippen LogP contribution in [0, 0.1) is 11.3 Å². The predicted octanol–water partition coefficient (Wildman–Crippen LogP) is 2.59. The average molecular weight is 365 g/mol. The molecule has 7 heteroatoms. The van der Waals surface area contributed by atoms with Gasteiger partial charge in [0.1, 0.15) is 11.9 Å². The monoisotopic (exact) mass is 365 g/mol. The zero-order valence-electron chi connectivity index (χ0n) is 15.3. The van der Waals surface area contributed by atoms with E-state index in [1.807, 2.05) is 12.1 Å². The second-order valence-electron chi connectivity index (χ2n) is 7.18. The Hall–Kier alpha value is -2.72. The number of nitrogens with one attached hydrogen (secondary N) is 1. The van der Waals surface area contributed by atoms with Crippen molar-refractivity contribution in [2.75, 3.05) is 31.2 Å². The topological polar surface area (TPSA) is 94.9 Å². The summed E-state index contributed by atoms with van der Waals surface area (Å²) in [5.74, 6) is 0.974. The number of H-pyrrole nitrogens is 1. The van der Waals surface area contributed by atoms with E-state index in [1.54, 1.807) is 6.20 Å². The van der Waals surface area contributed by atoms with Crippen molar-refractivity contribution in [2.45, 2.75) is 38.0 Å². The zero-order valence-corrected chi connectivity index (χ0v) is 15.3. The number of hydrogen-bond acceptors (Lipinski definition) is 6. The molecule has 1 saturated heterocycles. The van der Waals surface area contributed by atoms with E-state index < -0.39 is 0 Å². The quantitative estimate of drug-likeness (QED) is 0.898. The summed E-state index contributed by atoms with van der Waals surface area (Å²) in [7, 11) is 0. The number of nitriles is 1. The first-order chi connectivity index (χ1) is 13.3. The molecule has 0 aromatic carbocycles. The fourth-order valence-electron chi connectivity index (χ4n) is 3.99. The van der Waals surface area contributed by atoms with Gasteiger partial charge in [0.05, 0.1) is 24.5 Å². The highest BCUT2D eigenvalue weighted by molar-refractivity contribution is 5.66. The molecule has 0 atom stereocenters. The third kappa shape index (κ3) is 3.71. The van der Waals surface area contributed by atoms with Crippen molar-refractivity contribution in [1.82, 2.24) is 15.2 Å². The Bertz CT molecular complexity index is 905. The van der Waals surface area contributed by atoms with E-state index in [4.69, 9.17) is 4.74 Å². The summed E-state index contributed by atoms with van der Waals surface area (Å²) in [6, 6.07) is 5.93. The molecule has 2 aromatic heterocycles. The van der Waals surface area contributed by atoms with Gasteiger partial charge in [-0.05, 0) is 30.9 Å². The minimum atomic E-state index is -0.107. The smallest absolute Gasteiger partial charge is 0.267 e. The Morgan fingerprint density at radius 3 is 2.70 bits per heavy atom. The van der Waals surface area contributed by atoms with Gasteiger partial charge in [0.2, 0.25) is 0 Å². The highest BCUT2D eigenvalue weighted by Crippen LogP contribution is 2.32. The van der Waals surface area contributed by atoms with E-state index in [-0.39, 0.29) is 5.56 Å². The van der Waals surface area contributed by atoms with E-state index in [9.17, 15) is 10.1 Å². The molecule has 2 aliphatic rings. The van der Waals surface area contributed by atoms with Crippen molar-refractivity contribution in [3.05, 3.63) is 39.8 Å². The van der Waals surface area contributed by atoms with Gasteiger partial charge in [0, 0.05) is 30.4 Å². The van der Waals surface area contributed by atoms with E-state index in [2.05, 4.69) is 26.2 Å². The highest BCUT2D eigenvalue weighted by Gasteiger charge is 2.21. The van der Waals surface area contributed by atoms with Crippen LogP contribution in [0.3, 0.4) is 0 Å². The molecule has 1 aliphatic carbocycles. The summed E-state index contributed by atoms with van der Waals surface area (Å²) < 4.78 is 5.37. The number of aromatic nitrogens is 3. The summed E-state index contributed by atoms with van der Waals surface area (Å²) in [4.78, 5) is 18.9. The molecule has 0 amide bonds. The second kappa shape index (κ2) is 7.89. The van der Waals surface area contributed by atoms with Crippen molar-refractivity contribution >= 4 is 5.82 Å². The van der Waals surface area contributed by atoms with E-state index in [1.165, 1.54) is 6.42 Å². The van der Waals surface area contributed by atoms with Crippen molar-refractivity contribution in [3.63, 3.8) is 0 Å². The van der Waals surface area contributed by atoms with Crippen LogP contribution in [0.2, 0.25) is 0 Å². The Kier molecular flexibility index (Phi) is 5.16. The second-order valence-corrected chi connectivity index (χ2v) is 7.18. The van der Waals surface area contributed by atoms with Crippen LogP contribution >= 0.6 is 0 Å². The maximum absolute atomic E-state index is 12.3. The standard InChI is InChI=1S/C20H23N5O2/c21-12-15-10-16(13-22-19(15)25-6-8-27-9-7-25)18-11-17(20(26)24-23-18)14-4-2-1-3-5-14/h10-11,13-14H,1-9H2,(H,24,26). The van der Waals surface area contributed by atoms with Gasteiger partial charge in [-0.15, -0.1) is 0 Å². The van der Waals surface area contributed by atoms with E-state index >= 15 is 0 Å². The molecule has 0 spiro atoms. The van der Waals surface area contributed by atoms with Gasteiger partial charge in [-0.2, -0.15) is 10.4 Å². The summed E-state index contributed by atoms with van der Waals surface area (Å²) in [6.07, 6.45) is 7.39. The normalized spacial score (nSPS) is 18.3. The van der Waals surface area contributed by atoms with Crippen LogP contribution in [0.15, 0.2) is 23.1 Å². The molecule has 1 N–H and O–H groups in total. The molecule has 0 unspecified atom stereocenters. The van der Waals surface area contributed by atoms with Crippen molar-refractivity contribution in [1.29, 1.82) is 5.26 Å². The molecule has 140 valence electrons. The number of hydrogen-bond donors (Lipinski definition) is 1. The molecule has 27 heavy (non-hydrogen) atoms. The lowest BCUT2D eigenvalue weighted by molar-refractivity contribution is 0.122. The Labute approximate surface area is 158 Å². The lowest BCUT2D eigenvalue weighted by atomic mass is 9.84. The average Bonchev–Trinajstić information content (AvgIpc) is 2.75. The van der Waals surface area contributed by atoms with Crippen LogP contribution in [-0.2, 0) is 4.74 Å². The number of rotatable bonds is 3. The molecule has 2 aromatic rings. The lowest BCUT2D eigenvalue weighted by Crippen LogP contribution is -2.37. The maximum Gasteiger partial charge on any atom is 0.267 e. The summed E-state index contributed by atoms with van der Waals surface area (Å²) in [5.41, 5.74) is 2.62. The van der Waals surface area contributed by atoms with E-state index in [0.29, 0.717) is 36.2 Å². The Morgan fingerprint density at radius 1 is 1.19 bits per heavy atom. The Balaban J connectivity index is 1.67. The maximum atomic E-state index is 12.3. The molecular weight excluding hydrogens is 342 g/mol. The minimum Gasteiger partial charge on any atom is -0.378 e. The van der Waals surface area contributed by atoms with Gasteiger partial charge >= 0.3 is 0 Å². The van der Waals surface area contributed by atoms with Gasteiger partial charge in [-0.1, -0.05) is 19.3 Å². The van der Waals surface area contributed by atoms with Crippen LogP contribution in [0.25, 0.3) is 11.3 Å². The largest absolute Gasteiger partial charge is 0.378 e. The van der Waals surface area contributed by atoms with Gasteiger partial charge in [0.15, 0.2) is 0 Å². The van der Waals surface area contributed by atoms with Crippen molar-refractivity contribution in [3.8, 4) is 17.3 Å². The van der Waals surface area contributed by atoms with Gasteiger partial charge in [0.25, 0.3) is 5.56 Å². The molecule has 1 aliphatic heterocycles. The molecule has 7 nitrogen and oxygen atoms in total. The van der Waals surface area contributed by atoms with Crippen LogP contribution in [0.1, 0.15) is 49.1 Å². The van der Waals surface area contributed by atoms with Gasteiger partial charge in [-0.3, -0.25) is 4.79 Å². The number of aromatic amines is 1. The molecule has 0 radical (unpaired) electrons. The molecule has 4 rings (SSSR count). The van der Waals surface area contributed by atoms with Crippen molar-refractivity contribution in [2.24, 2.45) is 0 Å². The number of morpholine rings is 1. The zero-order chi connectivity index (χ0) is 18.6. The summed E-state index contributed by atoms with van der Waals surface area (Å²) >= 11 is 0. The van der Waals surface area contributed by atoms with Gasteiger partial charge < -0.3 is 9.64 Å².